The van der Waals surface area contributed by atoms with Crippen LogP contribution >= 0.6 is 0 Å². The molecule has 0 amide bonds. The van der Waals surface area contributed by atoms with Crippen molar-refractivity contribution in [1.82, 2.24) is 14.9 Å². The van der Waals surface area contributed by atoms with Crippen molar-refractivity contribution in [3.63, 3.8) is 0 Å². The third-order valence-electron chi connectivity index (χ3n) is 4.03. The first-order valence-electron chi connectivity index (χ1n) is 8.55. The summed E-state index contributed by atoms with van der Waals surface area (Å²) < 4.78 is 5.35. The van der Waals surface area contributed by atoms with E-state index in [1.54, 1.807) is 6.20 Å². The van der Waals surface area contributed by atoms with Gasteiger partial charge in [-0.2, -0.15) is 4.98 Å². The second kappa shape index (κ2) is 9.20. The minimum atomic E-state index is 0.674. The first-order chi connectivity index (χ1) is 11.9. The fourth-order valence-electron chi connectivity index (χ4n) is 2.67. The minimum absolute atomic E-state index is 0.674. The molecule has 24 heavy (non-hydrogen) atoms. The number of hydrogen-bond acceptors (Lipinski definition) is 6. The SMILES string of the molecule is c1ccc(CCNc2ccnc(NCCN3CCOCC3)n2)cc1. The van der Waals surface area contributed by atoms with Gasteiger partial charge in [-0.25, -0.2) is 4.98 Å². The standard InChI is InChI=1S/C18H25N5O/c1-2-4-16(5-3-1)6-8-19-17-7-9-20-18(22-17)21-10-11-23-12-14-24-15-13-23/h1-5,7,9H,6,8,10-15H2,(H2,19,20,21,22). The van der Waals surface area contributed by atoms with Gasteiger partial charge in [0, 0.05) is 38.9 Å². The van der Waals surface area contributed by atoms with Gasteiger partial charge in [0.2, 0.25) is 5.95 Å². The third kappa shape index (κ3) is 5.47. The maximum atomic E-state index is 5.35. The summed E-state index contributed by atoms with van der Waals surface area (Å²) in [4.78, 5) is 11.2. The number of ether oxygens (including phenoxy) is 1. The highest BCUT2D eigenvalue weighted by Gasteiger charge is 2.09. The molecule has 1 saturated heterocycles. The fourth-order valence-corrected chi connectivity index (χ4v) is 2.67. The molecule has 3 rings (SSSR count). The number of benzene rings is 1. The highest BCUT2D eigenvalue weighted by atomic mass is 16.5. The Morgan fingerprint density at radius 3 is 2.67 bits per heavy atom. The Kier molecular flexibility index (Phi) is 6.39. The van der Waals surface area contributed by atoms with E-state index in [-0.39, 0.29) is 0 Å². The van der Waals surface area contributed by atoms with Crippen LogP contribution in [0.5, 0.6) is 0 Å². The molecule has 0 saturated carbocycles. The topological polar surface area (TPSA) is 62.3 Å². The maximum absolute atomic E-state index is 5.35. The number of rotatable bonds is 8. The largest absolute Gasteiger partial charge is 0.379 e. The number of morpholine rings is 1. The van der Waals surface area contributed by atoms with Crippen molar-refractivity contribution < 1.29 is 4.74 Å². The molecule has 0 radical (unpaired) electrons. The van der Waals surface area contributed by atoms with Crippen molar-refractivity contribution in [2.45, 2.75) is 6.42 Å². The average molecular weight is 327 g/mol. The zero-order valence-electron chi connectivity index (χ0n) is 13.9. The first kappa shape index (κ1) is 16.7. The lowest BCUT2D eigenvalue weighted by molar-refractivity contribution is 0.0398. The van der Waals surface area contributed by atoms with Crippen LogP contribution in [0.3, 0.4) is 0 Å². The van der Waals surface area contributed by atoms with Crippen LogP contribution in [0.2, 0.25) is 0 Å². The van der Waals surface area contributed by atoms with Crippen molar-refractivity contribution in [1.29, 1.82) is 0 Å². The summed E-state index contributed by atoms with van der Waals surface area (Å²) in [5.74, 6) is 1.53. The molecule has 0 aliphatic carbocycles. The molecule has 1 aliphatic rings. The predicted molar refractivity (Wildman–Crippen MR) is 96.4 cm³/mol. The van der Waals surface area contributed by atoms with Crippen molar-refractivity contribution in [3.05, 3.63) is 48.2 Å². The van der Waals surface area contributed by atoms with Crippen LogP contribution in [-0.2, 0) is 11.2 Å². The van der Waals surface area contributed by atoms with Crippen molar-refractivity contribution in [2.24, 2.45) is 0 Å². The van der Waals surface area contributed by atoms with Crippen LogP contribution < -0.4 is 10.6 Å². The second-order valence-corrected chi connectivity index (χ2v) is 5.81. The van der Waals surface area contributed by atoms with Gasteiger partial charge in [0.25, 0.3) is 0 Å². The van der Waals surface area contributed by atoms with Crippen LogP contribution in [0, 0.1) is 0 Å². The van der Waals surface area contributed by atoms with Crippen molar-refractivity contribution in [3.8, 4) is 0 Å². The maximum Gasteiger partial charge on any atom is 0.224 e. The average Bonchev–Trinajstić information content (AvgIpc) is 2.64. The normalized spacial score (nSPS) is 15.2. The molecular formula is C18H25N5O. The molecule has 1 aliphatic heterocycles. The van der Waals surface area contributed by atoms with Gasteiger partial charge in [0.05, 0.1) is 13.2 Å². The Bertz CT molecular complexity index is 601. The van der Waals surface area contributed by atoms with Gasteiger partial charge in [-0.3, -0.25) is 4.90 Å². The van der Waals surface area contributed by atoms with E-state index in [0.717, 1.165) is 58.2 Å². The van der Waals surface area contributed by atoms with Crippen LogP contribution in [0.4, 0.5) is 11.8 Å². The molecular weight excluding hydrogens is 302 g/mol. The Balaban J connectivity index is 1.40. The van der Waals surface area contributed by atoms with Gasteiger partial charge in [0.1, 0.15) is 5.82 Å². The quantitative estimate of drug-likeness (QED) is 0.772. The van der Waals surface area contributed by atoms with E-state index in [2.05, 4.69) is 49.8 Å². The van der Waals surface area contributed by atoms with E-state index in [1.807, 2.05) is 12.1 Å². The van der Waals surface area contributed by atoms with Gasteiger partial charge in [0.15, 0.2) is 0 Å². The number of anilines is 2. The number of nitrogens with zero attached hydrogens (tertiary/aromatic N) is 3. The number of aromatic nitrogens is 2. The van der Waals surface area contributed by atoms with Gasteiger partial charge in [-0.15, -0.1) is 0 Å². The Morgan fingerprint density at radius 1 is 1.00 bits per heavy atom. The summed E-state index contributed by atoms with van der Waals surface area (Å²) in [7, 11) is 0. The van der Waals surface area contributed by atoms with Crippen LogP contribution in [0.15, 0.2) is 42.6 Å². The zero-order chi connectivity index (χ0) is 16.5. The van der Waals surface area contributed by atoms with Crippen LogP contribution in [0.25, 0.3) is 0 Å². The number of hydrogen-bond donors (Lipinski definition) is 2. The summed E-state index contributed by atoms with van der Waals surface area (Å²) >= 11 is 0. The lowest BCUT2D eigenvalue weighted by atomic mass is 10.1. The smallest absolute Gasteiger partial charge is 0.224 e. The van der Waals surface area contributed by atoms with E-state index >= 15 is 0 Å². The molecule has 0 atom stereocenters. The summed E-state index contributed by atoms with van der Waals surface area (Å²) in [5.41, 5.74) is 1.32. The van der Waals surface area contributed by atoms with E-state index < -0.39 is 0 Å². The highest BCUT2D eigenvalue weighted by molar-refractivity contribution is 5.39. The minimum Gasteiger partial charge on any atom is -0.379 e. The van der Waals surface area contributed by atoms with Crippen molar-refractivity contribution in [2.75, 3.05) is 56.6 Å². The Hall–Kier alpha value is -2.18. The fraction of sp³-hybridized carbons (Fsp3) is 0.444. The zero-order valence-corrected chi connectivity index (χ0v) is 13.9. The van der Waals surface area contributed by atoms with E-state index in [4.69, 9.17) is 4.74 Å². The predicted octanol–water partition coefficient (Wildman–Crippen LogP) is 1.88. The molecule has 2 aromatic rings. The number of nitrogens with one attached hydrogen (secondary N) is 2. The molecule has 1 aromatic heterocycles. The van der Waals surface area contributed by atoms with Gasteiger partial charge >= 0.3 is 0 Å². The lowest BCUT2D eigenvalue weighted by Gasteiger charge is -2.26. The molecule has 0 bridgehead atoms. The molecule has 0 unspecified atom stereocenters. The summed E-state index contributed by atoms with van der Waals surface area (Å²) in [5, 5.41) is 6.65. The van der Waals surface area contributed by atoms with Crippen LogP contribution in [-0.4, -0.2) is 60.8 Å². The van der Waals surface area contributed by atoms with Gasteiger partial charge in [-0.1, -0.05) is 30.3 Å². The first-order valence-corrected chi connectivity index (χ1v) is 8.55. The molecule has 6 heteroatoms. The molecule has 6 nitrogen and oxygen atoms in total. The van der Waals surface area contributed by atoms with Gasteiger partial charge < -0.3 is 15.4 Å². The van der Waals surface area contributed by atoms with E-state index in [9.17, 15) is 0 Å². The Morgan fingerprint density at radius 2 is 1.83 bits per heavy atom. The summed E-state index contributed by atoms with van der Waals surface area (Å²) in [6, 6.07) is 12.3. The molecule has 1 fully saturated rings. The molecule has 2 heterocycles. The van der Waals surface area contributed by atoms with Gasteiger partial charge in [-0.05, 0) is 18.1 Å². The molecule has 0 spiro atoms. The third-order valence-corrected chi connectivity index (χ3v) is 4.03. The molecule has 128 valence electrons. The molecule has 1 aromatic carbocycles. The summed E-state index contributed by atoms with van der Waals surface area (Å²) in [6.45, 7) is 6.35. The van der Waals surface area contributed by atoms with E-state index in [0.29, 0.717) is 5.95 Å². The van der Waals surface area contributed by atoms with Crippen LogP contribution in [0.1, 0.15) is 5.56 Å². The highest BCUT2D eigenvalue weighted by Crippen LogP contribution is 2.07. The lowest BCUT2D eigenvalue weighted by Crippen LogP contribution is -2.39. The summed E-state index contributed by atoms with van der Waals surface area (Å²) in [6.07, 6.45) is 2.76. The Labute approximate surface area is 143 Å². The van der Waals surface area contributed by atoms with Crippen molar-refractivity contribution >= 4 is 11.8 Å². The molecule has 2 N–H and O–H groups in total. The van der Waals surface area contributed by atoms with E-state index in [1.165, 1.54) is 5.56 Å². The second-order valence-electron chi connectivity index (χ2n) is 5.81. The monoisotopic (exact) mass is 327 g/mol.